The minimum atomic E-state index is -3.48. The van der Waals surface area contributed by atoms with E-state index < -0.39 is 21.7 Å². The minimum absolute atomic E-state index is 0.310. The smallest absolute Gasteiger partial charge is 0.243 e. The number of hydrogen-bond acceptors (Lipinski definition) is 3. The Morgan fingerprint density at radius 1 is 0.962 bits per heavy atom. The number of halogens is 2. The maximum atomic E-state index is 13.7. The molecule has 0 aromatic heterocycles. The van der Waals surface area contributed by atoms with Crippen molar-refractivity contribution in [3.63, 3.8) is 0 Å². The lowest BCUT2D eigenvalue weighted by Gasteiger charge is -2.34. The molecule has 1 heterocycles. The van der Waals surface area contributed by atoms with Gasteiger partial charge in [-0.15, -0.1) is 0 Å². The molecule has 0 atom stereocenters. The van der Waals surface area contributed by atoms with Crippen molar-refractivity contribution in [3.8, 4) is 0 Å². The molecule has 0 N–H and O–H groups in total. The van der Waals surface area contributed by atoms with Gasteiger partial charge in [0.1, 0.15) is 11.6 Å². The maximum Gasteiger partial charge on any atom is 0.243 e. The standard InChI is InChI=1S/C19H22F2N2O2S/c1-15-2-6-18(7-3-15)26(24,25)23-12-10-22(11-13-23)9-8-16-4-5-17(20)14-19(16)21/h2-7,14H,8-13H2,1H3. The van der Waals surface area contributed by atoms with Crippen LogP contribution in [-0.4, -0.2) is 50.3 Å². The predicted octanol–water partition coefficient (Wildman–Crippen LogP) is 2.82. The second kappa shape index (κ2) is 7.82. The fraction of sp³-hybridized carbons (Fsp3) is 0.368. The zero-order valence-electron chi connectivity index (χ0n) is 14.7. The van der Waals surface area contributed by atoms with E-state index in [9.17, 15) is 17.2 Å². The van der Waals surface area contributed by atoms with E-state index in [4.69, 9.17) is 0 Å². The summed E-state index contributed by atoms with van der Waals surface area (Å²) in [4.78, 5) is 2.41. The van der Waals surface area contributed by atoms with Crippen molar-refractivity contribution >= 4 is 10.0 Å². The number of benzene rings is 2. The largest absolute Gasteiger partial charge is 0.300 e. The highest BCUT2D eigenvalue weighted by molar-refractivity contribution is 7.89. The molecule has 2 aromatic carbocycles. The van der Waals surface area contributed by atoms with Gasteiger partial charge in [-0.25, -0.2) is 17.2 Å². The molecular formula is C19H22F2N2O2S. The number of sulfonamides is 1. The van der Waals surface area contributed by atoms with Gasteiger partial charge in [-0.1, -0.05) is 23.8 Å². The third kappa shape index (κ3) is 4.28. The SMILES string of the molecule is Cc1ccc(S(=O)(=O)N2CCN(CCc3ccc(F)cc3F)CC2)cc1. The van der Waals surface area contributed by atoms with Gasteiger partial charge in [0.05, 0.1) is 4.90 Å². The van der Waals surface area contributed by atoms with Crippen LogP contribution in [0.2, 0.25) is 0 Å². The number of aryl methyl sites for hydroxylation is 1. The second-order valence-electron chi connectivity index (χ2n) is 6.54. The molecule has 1 aliphatic heterocycles. The third-order valence-corrected chi connectivity index (χ3v) is 6.62. The first-order valence-electron chi connectivity index (χ1n) is 8.59. The van der Waals surface area contributed by atoms with Crippen LogP contribution in [0.3, 0.4) is 0 Å². The summed E-state index contributed by atoms with van der Waals surface area (Å²) in [6.45, 7) is 4.52. The van der Waals surface area contributed by atoms with Gasteiger partial charge in [0.2, 0.25) is 10.0 Å². The highest BCUT2D eigenvalue weighted by atomic mass is 32.2. The van der Waals surface area contributed by atoms with Crippen LogP contribution in [0.25, 0.3) is 0 Å². The zero-order valence-corrected chi connectivity index (χ0v) is 15.5. The van der Waals surface area contributed by atoms with Crippen LogP contribution in [0, 0.1) is 18.6 Å². The van der Waals surface area contributed by atoms with Crippen molar-refractivity contribution in [2.75, 3.05) is 32.7 Å². The predicted molar refractivity (Wildman–Crippen MR) is 96.4 cm³/mol. The van der Waals surface area contributed by atoms with E-state index in [-0.39, 0.29) is 0 Å². The molecule has 0 spiro atoms. The van der Waals surface area contributed by atoms with Gasteiger partial charge in [0, 0.05) is 38.8 Å². The molecule has 2 aromatic rings. The van der Waals surface area contributed by atoms with E-state index in [2.05, 4.69) is 4.90 Å². The van der Waals surface area contributed by atoms with Crippen LogP contribution in [0.4, 0.5) is 8.78 Å². The molecule has 4 nitrogen and oxygen atoms in total. The molecule has 0 radical (unpaired) electrons. The quantitative estimate of drug-likeness (QED) is 0.801. The Hall–Kier alpha value is -1.83. The van der Waals surface area contributed by atoms with Crippen molar-refractivity contribution in [2.45, 2.75) is 18.2 Å². The van der Waals surface area contributed by atoms with Gasteiger partial charge in [-0.2, -0.15) is 4.31 Å². The first-order chi connectivity index (χ1) is 12.4. The van der Waals surface area contributed by atoms with E-state index in [1.54, 1.807) is 24.3 Å². The van der Waals surface area contributed by atoms with Crippen molar-refractivity contribution < 1.29 is 17.2 Å². The fourth-order valence-electron chi connectivity index (χ4n) is 3.06. The van der Waals surface area contributed by atoms with E-state index in [0.717, 1.165) is 11.6 Å². The third-order valence-electron chi connectivity index (χ3n) is 4.70. The first-order valence-corrected chi connectivity index (χ1v) is 10.0. The molecule has 1 saturated heterocycles. The lowest BCUT2D eigenvalue weighted by Crippen LogP contribution is -2.49. The molecule has 1 aliphatic rings. The number of rotatable bonds is 5. The van der Waals surface area contributed by atoms with E-state index in [0.29, 0.717) is 49.6 Å². The fourth-order valence-corrected chi connectivity index (χ4v) is 4.48. The lowest BCUT2D eigenvalue weighted by atomic mass is 10.1. The van der Waals surface area contributed by atoms with Crippen LogP contribution in [0.1, 0.15) is 11.1 Å². The van der Waals surface area contributed by atoms with Gasteiger partial charge in [0.25, 0.3) is 0 Å². The van der Waals surface area contributed by atoms with Crippen LogP contribution in [-0.2, 0) is 16.4 Å². The van der Waals surface area contributed by atoms with Crippen molar-refractivity contribution in [3.05, 3.63) is 65.2 Å². The molecular weight excluding hydrogens is 358 g/mol. The number of hydrogen-bond donors (Lipinski definition) is 0. The van der Waals surface area contributed by atoms with Gasteiger partial charge >= 0.3 is 0 Å². The second-order valence-corrected chi connectivity index (χ2v) is 8.48. The molecule has 0 unspecified atom stereocenters. The number of piperazine rings is 1. The lowest BCUT2D eigenvalue weighted by molar-refractivity contribution is 0.189. The summed E-state index contributed by atoms with van der Waals surface area (Å²) in [7, 11) is -3.48. The van der Waals surface area contributed by atoms with E-state index in [1.807, 2.05) is 6.92 Å². The molecule has 26 heavy (non-hydrogen) atoms. The van der Waals surface area contributed by atoms with E-state index >= 15 is 0 Å². The molecule has 0 amide bonds. The molecule has 0 aliphatic carbocycles. The normalized spacial score (nSPS) is 16.7. The van der Waals surface area contributed by atoms with Crippen molar-refractivity contribution in [2.24, 2.45) is 0 Å². The van der Waals surface area contributed by atoms with Gasteiger partial charge in [-0.05, 0) is 37.1 Å². The van der Waals surface area contributed by atoms with Crippen LogP contribution < -0.4 is 0 Å². The topological polar surface area (TPSA) is 40.6 Å². The Balaban J connectivity index is 1.56. The molecule has 140 valence electrons. The summed E-state index contributed by atoms with van der Waals surface area (Å²) in [6, 6.07) is 10.5. The average molecular weight is 380 g/mol. The maximum absolute atomic E-state index is 13.7. The summed E-state index contributed by atoms with van der Waals surface area (Å²) in [5.41, 5.74) is 1.49. The van der Waals surface area contributed by atoms with Crippen LogP contribution in [0.15, 0.2) is 47.4 Å². The van der Waals surface area contributed by atoms with E-state index in [1.165, 1.54) is 16.4 Å². The molecule has 1 fully saturated rings. The van der Waals surface area contributed by atoms with Crippen LogP contribution >= 0.6 is 0 Å². The average Bonchev–Trinajstić information content (AvgIpc) is 2.62. The molecule has 7 heteroatoms. The minimum Gasteiger partial charge on any atom is -0.300 e. The highest BCUT2D eigenvalue weighted by Crippen LogP contribution is 2.18. The summed E-state index contributed by atoms with van der Waals surface area (Å²) >= 11 is 0. The Morgan fingerprint density at radius 3 is 2.23 bits per heavy atom. The van der Waals surface area contributed by atoms with Crippen molar-refractivity contribution in [1.82, 2.24) is 9.21 Å². The van der Waals surface area contributed by atoms with Crippen LogP contribution in [0.5, 0.6) is 0 Å². The summed E-state index contributed by atoms with van der Waals surface area (Å²) in [5.74, 6) is -1.12. The molecule has 0 bridgehead atoms. The summed E-state index contributed by atoms with van der Waals surface area (Å²) < 4.78 is 53.5. The Kier molecular flexibility index (Phi) is 5.70. The highest BCUT2D eigenvalue weighted by Gasteiger charge is 2.28. The molecule has 3 rings (SSSR count). The number of nitrogens with zero attached hydrogens (tertiary/aromatic N) is 2. The van der Waals surface area contributed by atoms with Gasteiger partial charge < -0.3 is 4.90 Å². The first kappa shape index (κ1) is 18.9. The molecule has 0 saturated carbocycles. The zero-order chi connectivity index (χ0) is 18.7. The summed E-state index contributed by atoms with van der Waals surface area (Å²) in [6.07, 6.45) is 0.469. The summed E-state index contributed by atoms with van der Waals surface area (Å²) in [5, 5.41) is 0. The monoisotopic (exact) mass is 380 g/mol. The van der Waals surface area contributed by atoms with Crippen molar-refractivity contribution in [1.29, 1.82) is 0 Å². The van der Waals surface area contributed by atoms with Gasteiger partial charge in [-0.3, -0.25) is 0 Å². The Labute approximate surface area is 153 Å². The van der Waals surface area contributed by atoms with Gasteiger partial charge in [0.15, 0.2) is 0 Å². The Morgan fingerprint density at radius 2 is 1.62 bits per heavy atom. The Bertz CT molecular complexity index is 862.